The molecule has 16 heavy (non-hydrogen) atoms. The molecule has 0 radical (unpaired) electrons. The van der Waals surface area contributed by atoms with E-state index in [-0.39, 0.29) is 10.6 Å². The van der Waals surface area contributed by atoms with Crippen molar-refractivity contribution in [3.05, 3.63) is 44.9 Å². The van der Waals surface area contributed by atoms with Crippen LogP contribution in [0, 0.1) is 17.0 Å². The molecule has 0 saturated carbocycles. The molecular weight excluding hydrogens is 272 g/mol. The normalized spacial score (nSPS) is 9.88. The van der Waals surface area contributed by atoms with Crippen LogP contribution in [0.1, 0.15) is 12.0 Å². The standard InChI is InChI=1S/C11H13BrN2O2/c1-3-4-7-13-10-6-5-9(12)8(2)11(10)14(15)16/h3,5-6,13H,1,4,7H2,2H3. The average molecular weight is 285 g/mol. The summed E-state index contributed by atoms with van der Waals surface area (Å²) in [7, 11) is 0. The predicted octanol–water partition coefficient (Wildman–Crippen LogP) is 3.65. The van der Waals surface area contributed by atoms with Crippen LogP contribution in [0.2, 0.25) is 0 Å². The van der Waals surface area contributed by atoms with Crippen molar-refractivity contribution in [1.82, 2.24) is 0 Å². The molecule has 0 unspecified atom stereocenters. The van der Waals surface area contributed by atoms with Crippen molar-refractivity contribution in [1.29, 1.82) is 0 Å². The number of halogens is 1. The van der Waals surface area contributed by atoms with Gasteiger partial charge in [0, 0.05) is 16.6 Å². The summed E-state index contributed by atoms with van der Waals surface area (Å²) < 4.78 is 0.744. The van der Waals surface area contributed by atoms with Crippen molar-refractivity contribution in [2.24, 2.45) is 0 Å². The van der Waals surface area contributed by atoms with E-state index in [2.05, 4.69) is 27.8 Å². The third-order valence-corrected chi connectivity index (χ3v) is 3.07. The number of nitro benzene ring substituents is 1. The first-order valence-corrected chi connectivity index (χ1v) is 5.65. The second-order valence-electron chi connectivity index (χ2n) is 3.33. The van der Waals surface area contributed by atoms with E-state index in [9.17, 15) is 10.1 Å². The molecule has 0 heterocycles. The Morgan fingerprint density at radius 3 is 2.88 bits per heavy atom. The van der Waals surface area contributed by atoms with Crippen LogP contribution in [-0.4, -0.2) is 11.5 Å². The van der Waals surface area contributed by atoms with E-state index in [1.165, 1.54) is 0 Å². The van der Waals surface area contributed by atoms with Gasteiger partial charge >= 0.3 is 0 Å². The summed E-state index contributed by atoms with van der Waals surface area (Å²) in [5, 5.41) is 14.0. The largest absolute Gasteiger partial charge is 0.379 e. The van der Waals surface area contributed by atoms with Crippen LogP contribution in [0.4, 0.5) is 11.4 Å². The van der Waals surface area contributed by atoms with Gasteiger partial charge in [0.2, 0.25) is 0 Å². The molecule has 0 aromatic heterocycles. The fraction of sp³-hybridized carbons (Fsp3) is 0.273. The SMILES string of the molecule is C=CCCNc1ccc(Br)c(C)c1[N+](=O)[O-]. The summed E-state index contributed by atoms with van der Waals surface area (Å²) >= 11 is 3.28. The first-order chi connectivity index (χ1) is 7.57. The van der Waals surface area contributed by atoms with E-state index >= 15 is 0 Å². The van der Waals surface area contributed by atoms with Crippen molar-refractivity contribution in [2.45, 2.75) is 13.3 Å². The number of benzene rings is 1. The average Bonchev–Trinajstić information content (AvgIpc) is 2.23. The van der Waals surface area contributed by atoms with Crippen LogP contribution >= 0.6 is 15.9 Å². The highest BCUT2D eigenvalue weighted by Crippen LogP contribution is 2.33. The Kier molecular flexibility index (Phi) is 4.49. The molecule has 0 aliphatic rings. The second kappa shape index (κ2) is 5.65. The quantitative estimate of drug-likeness (QED) is 0.389. The molecule has 0 bridgehead atoms. The highest BCUT2D eigenvalue weighted by Gasteiger charge is 2.18. The summed E-state index contributed by atoms with van der Waals surface area (Å²) in [6.45, 7) is 5.97. The number of rotatable bonds is 5. The molecule has 0 spiro atoms. The van der Waals surface area contributed by atoms with Crippen LogP contribution in [0.5, 0.6) is 0 Å². The van der Waals surface area contributed by atoms with Gasteiger partial charge in [-0.1, -0.05) is 22.0 Å². The number of nitro groups is 1. The summed E-state index contributed by atoms with van der Waals surface area (Å²) in [6, 6.07) is 3.51. The lowest BCUT2D eigenvalue weighted by Gasteiger charge is -2.08. The van der Waals surface area contributed by atoms with Gasteiger partial charge in [0.1, 0.15) is 5.69 Å². The number of nitrogens with zero attached hydrogens (tertiary/aromatic N) is 1. The smallest absolute Gasteiger partial charge is 0.296 e. The first kappa shape index (κ1) is 12.7. The van der Waals surface area contributed by atoms with Crippen LogP contribution < -0.4 is 5.32 Å². The Balaban J connectivity index is 3.03. The minimum atomic E-state index is -0.365. The van der Waals surface area contributed by atoms with Gasteiger partial charge in [-0.3, -0.25) is 10.1 Å². The zero-order valence-corrected chi connectivity index (χ0v) is 10.6. The molecule has 1 rings (SSSR count). The Hall–Kier alpha value is -1.36. The number of nitrogens with one attached hydrogen (secondary N) is 1. The number of anilines is 1. The van der Waals surface area contributed by atoms with Crippen LogP contribution in [-0.2, 0) is 0 Å². The van der Waals surface area contributed by atoms with Crippen molar-refractivity contribution in [3.8, 4) is 0 Å². The van der Waals surface area contributed by atoms with E-state index in [4.69, 9.17) is 0 Å². The summed E-state index contributed by atoms with van der Waals surface area (Å²) in [5.74, 6) is 0. The number of hydrogen-bond donors (Lipinski definition) is 1. The maximum atomic E-state index is 11.0. The van der Waals surface area contributed by atoms with Gasteiger partial charge in [-0.25, -0.2) is 0 Å². The predicted molar refractivity (Wildman–Crippen MR) is 68.8 cm³/mol. The number of hydrogen-bond acceptors (Lipinski definition) is 3. The maximum Gasteiger partial charge on any atom is 0.296 e. The minimum absolute atomic E-state index is 0.124. The monoisotopic (exact) mass is 284 g/mol. The molecule has 1 aromatic carbocycles. The van der Waals surface area contributed by atoms with E-state index in [1.54, 1.807) is 25.1 Å². The van der Waals surface area contributed by atoms with Gasteiger partial charge in [0.25, 0.3) is 5.69 Å². The van der Waals surface area contributed by atoms with Crippen molar-refractivity contribution in [3.63, 3.8) is 0 Å². The Morgan fingerprint density at radius 1 is 1.62 bits per heavy atom. The van der Waals surface area contributed by atoms with Crippen LogP contribution in [0.3, 0.4) is 0 Å². The molecule has 0 amide bonds. The van der Waals surface area contributed by atoms with Crippen molar-refractivity contribution >= 4 is 27.3 Å². The highest BCUT2D eigenvalue weighted by atomic mass is 79.9. The lowest BCUT2D eigenvalue weighted by Crippen LogP contribution is -2.04. The van der Waals surface area contributed by atoms with Gasteiger partial charge in [-0.15, -0.1) is 6.58 Å². The summed E-state index contributed by atoms with van der Waals surface area (Å²) in [4.78, 5) is 10.6. The van der Waals surface area contributed by atoms with E-state index in [0.717, 1.165) is 10.9 Å². The molecule has 1 N–H and O–H groups in total. The Bertz CT molecular complexity index is 419. The van der Waals surface area contributed by atoms with Gasteiger partial charge in [0.05, 0.1) is 4.92 Å². The molecule has 0 aliphatic carbocycles. The topological polar surface area (TPSA) is 55.2 Å². The molecule has 0 fully saturated rings. The molecule has 5 heteroatoms. The highest BCUT2D eigenvalue weighted by molar-refractivity contribution is 9.10. The lowest BCUT2D eigenvalue weighted by atomic mass is 10.1. The zero-order chi connectivity index (χ0) is 12.1. The molecule has 4 nitrogen and oxygen atoms in total. The van der Waals surface area contributed by atoms with Crippen LogP contribution in [0.25, 0.3) is 0 Å². The van der Waals surface area contributed by atoms with Crippen LogP contribution in [0.15, 0.2) is 29.3 Å². The van der Waals surface area contributed by atoms with E-state index < -0.39 is 0 Å². The molecule has 0 saturated heterocycles. The van der Waals surface area contributed by atoms with Gasteiger partial charge in [0.15, 0.2) is 0 Å². The molecule has 0 atom stereocenters. The summed E-state index contributed by atoms with van der Waals surface area (Å²) in [5.41, 5.74) is 1.31. The lowest BCUT2D eigenvalue weighted by molar-refractivity contribution is -0.384. The summed E-state index contributed by atoms with van der Waals surface area (Å²) in [6.07, 6.45) is 2.54. The van der Waals surface area contributed by atoms with Gasteiger partial charge < -0.3 is 5.32 Å². The minimum Gasteiger partial charge on any atom is -0.379 e. The first-order valence-electron chi connectivity index (χ1n) is 4.86. The maximum absolute atomic E-state index is 11.0. The van der Waals surface area contributed by atoms with E-state index in [0.29, 0.717) is 17.8 Å². The Morgan fingerprint density at radius 2 is 2.31 bits per heavy atom. The molecule has 86 valence electrons. The molecule has 1 aromatic rings. The Labute approximate surface area is 103 Å². The third-order valence-electron chi connectivity index (χ3n) is 2.21. The van der Waals surface area contributed by atoms with Gasteiger partial charge in [-0.05, 0) is 25.5 Å². The third kappa shape index (κ3) is 2.82. The fourth-order valence-electron chi connectivity index (χ4n) is 1.36. The van der Waals surface area contributed by atoms with Crippen molar-refractivity contribution < 1.29 is 4.92 Å². The van der Waals surface area contributed by atoms with Crippen molar-refractivity contribution in [2.75, 3.05) is 11.9 Å². The molecule has 0 aliphatic heterocycles. The van der Waals surface area contributed by atoms with E-state index in [1.807, 2.05) is 0 Å². The molecular formula is C11H13BrN2O2. The van der Waals surface area contributed by atoms with Gasteiger partial charge in [-0.2, -0.15) is 0 Å². The fourth-order valence-corrected chi connectivity index (χ4v) is 1.68. The zero-order valence-electron chi connectivity index (χ0n) is 9.00. The second-order valence-corrected chi connectivity index (χ2v) is 4.18.